The highest BCUT2D eigenvalue weighted by molar-refractivity contribution is 7.14. The van der Waals surface area contributed by atoms with Gasteiger partial charge in [-0.15, -0.1) is 11.3 Å². The van der Waals surface area contributed by atoms with Crippen LogP contribution < -0.4 is 5.32 Å². The third-order valence-corrected chi connectivity index (χ3v) is 4.23. The zero-order chi connectivity index (χ0) is 14.2. The second-order valence-electron chi connectivity index (χ2n) is 6.02. The summed E-state index contributed by atoms with van der Waals surface area (Å²) in [5.41, 5.74) is 6.52. The molecule has 102 valence electrons. The zero-order valence-corrected chi connectivity index (χ0v) is 13.4. The van der Waals surface area contributed by atoms with Gasteiger partial charge in [0.1, 0.15) is 0 Å². The fourth-order valence-electron chi connectivity index (χ4n) is 2.30. The SMILES string of the molecule is CNc1nc(-c2c(C)cc(C(C)(C)C)cc2C)cs1. The molecule has 0 aliphatic heterocycles. The molecule has 0 saturated heterocycles. The Labute approximate surface area is 119 Å². The van der Waals surface area contributed by atoms with E-state index in [4.69, 9.17) is 0 Å². The fourth-order valence-corrected chi connectivity index (χ4v) is 2.97. The molecule has 19 heavy (non-hydrogen) atoms. The number of hydrogen-bond acceptors (Lipinski definition) is 3. The van der Waals surface area contributed by atoms with Gasteiger partial charge < -0.3 is 5.32 Å². The van der Waals surface area contributed by atoms with Crippen LogP contribution in [0.4, 0.5) is 5.13 Å². The van der Waals surface area contributed by atoms with Crippen molar-refractivity contribution in [2.24, 2.45) is 0 Å². The number of aryl methyl sites for hydroxylation is 2. The van der Waals surface area contributed by atoms with E-state index in [1.165, 1.54) is 22.3 Å². The molecule has 1 heterocycles. The summed E-state index contributed by atoms with van der Waals surface area (Å²) in [7, 11) is 1.91. The van der Waals surface area contributed by atoms with Crippen molar-refractivity contribution in [3.05, 3.63) is 34.2 Å². The molecule has 2 rings (SSSR count). The van der Waals surface area contributed by atoms with Crippen molar-refractivity contribution in [2.45, 2.75) is 40.0 Å². The summed E-state index contributed by atoms with van der Waals surface area (Å²) in [4.78, 5) is 4.62. The number of nitrogens with zero attached hydrogens (tertiary/aromatic N) is 1. The third-order valence-electron chi connectivity index (χ3n) is 3.37. The molecule has 0 bridgehead atoms. The summed E-state index contributed by atoms with van der Waals surface area (Å²) in [6.45, 7) is 11.1. The molecular weight excluding hydrogens is 252 g/mol. The van der Waals surface area contributed by atoms with Gasteiger partial charge in [-0.05, 0) is 36.0 Å². The summed E-state index contributed by atoms with van der Waals surface area (Å²) >= 11 is 1.65. The molecule has 0 spiro atoms. The molecular formula is C16H22N2S. The van der Waals surface area contributed by atoms with E-state index in [1.807, 2.05) is 7.05 Å². The Balaban J connectivity index is 2.53. The molecule has 0 saturated carbocycles. The highest BCUT2D eigenvalue weighted by Gasteiger charge is 2.17. The smallest absolute Gasteiger partial charge is 0.182 e. The predicted molar refractivity (Wildman–Crippen MR) is 85.3 cm³/mol. The molecule has 1 aromatic heterocycles. The van der Waals surface area contributed by atoms with Gasteiger partial charge in [-0.3, -0.25) is 0 Å². The number of aromatic nitrogens is 1. The molecule has 1 N–H and O–H groups in total. The second kappa shape index (κ2) is 4.97. The van der Waals surface area contributed by atoms with Crippen molar-refractivity contribution in [1.82, 2.24) is 4.98 Å². The first-order valence-electron chi connectivity index (χ1n) is 6.58. The van der Waals surface area contributed by atoms with E-state index >= 15 is 0 Å². The maximum Gasteiger partial charge on any atom is 0.182 e. The van der Waals surface area contributed by atoms with E-state index in [1.54, 1.807) is 11.3 Å². The summed E-state index contributed by atoms with van der Waals surface area (Å²) in [6.07, 6.45) is 0. The number of rotatable bonds is 2. The van der Waals surface area contributed by atoms with Crippen molar-refractivity contribution in [1.29, 1.82) is 0 Å². The third kappa shape index (κ3) is 2.81. The van der Waals surface area contributed by atoms with Gasteiger partial charge in [0, 0.05) is 18.0 Å². The van der Waals surface area contributed by atoms with Gasteiger partial charge in [-0.2, -0.15) is 0 Å². The standard InChI is InChI=1S/C16H22N2S/c1-10-7-12(16(3,4)5)8-11(2)14(10)13-9-19-15(17-6)18-13/h7-9H,1-6H3,(H,17,18). The summed E-state index contributed by atoms with van der Waals surface area (Å²) < 4.78 is 0. The first kappa shape index (κ1) is 14.1. The second-order valence-corrected chi connectivity index (χ2v) is 6.88. The van der Waals surface area contributed by atoms with Gasteiger partial charge in [-0.25, -0.2) is 4.98 Å². The van der Waals surface area contributed by atoms with Crippen LogP contribution in [0.2, 0.25) is 0 Å². The largest absolute Gasteiger partial charge is 0.365 e. The van der Waals surface area contributed by atoms with Crippen molar-refractivity contribution in [3.8, 4) is 11.3 Å². The number of benzene rings is 1. The van der Waals surface area contributed by atoms with Crippen molar-refractivity contribution in [3.63, 3.8) is 0 Å². The summed E-state index contributed by atoms with van der Waals surface area (Å²) in [6, 6.07) is 4.58. The monoisotopic (exact) mass is 274 g/mol. The molecule has 0 atom stereocenters. The average molecular weight is 274 g/mol. The Hall–Kier alpha value is -1.35. The number of anilines is 1. The van der Waals surface area contributed by atoms with E-state index in [-0.39, 0.29) is 5.41 Å². The Kier molecular flexibility index (Phi) is 3.68. The van der Waals surface area contributed by atoms with Gasteiger partial charge in [0.25, 0.3) is 0 Å². The molecule has 2 aromatic rings. The first-order valence-corrected chi connectivity index (χ1v) is 7.46. The van der Waals surface area contributed by atoms with Gasteiger partial charge >= 0.3 is 0 Å². The Bertz CT molecular complexity index is 568. The minimum atomic E-state index is 0.187. The van der Waals surface area contributed by atoms with Gasteiger partial charge in [-0.1, -0.05) is 32.9 Å². The maximum absolute atomic E-state index is 4.62. The lowest BCUT2D eigenvalue weighted by Crippen LogP contribution is -2.12. The van der Waals surface area contributed by atoms with E-state index in [0.29, 0.717) is 0 Å². The first-order chi connectivity index (χ1) is 8.82. The molecule has 1 aromatic carbocycles. The number of thiazole rings is 1. The van der Waals surface area contributed by atoms with Crippen LogP contribution in [0.3, 0.4) is 0 Å². The van der Waals surface area contributed by atoms with Gasteiger partial charge in [0.15, 0.2) is 5.13 Å². The molecule has 0 fully saturated rings. The minimum absolute atomic E-state index is 0.187. The summed E-state index contributed by atoms with van der Waals surface area (Å²) in [5, 5.41) is 6.19. The highest BCUT2D eigenvalue weighted by Crippen LogP contribution is 2.33. The van der Waals surface area contributed by atoms with Crippen molar-refractivity contribution < 1.29 is 0 Å². The molecule has 3 heteroatoms. The quantitative estimate of drug-likeness (QED) is 0.853. The van der Waals surface area contributed by atoms with E-state index in [0.717, 1.165) is 10.8 Å². The molecule has 0 aliphatic rings. The number of hydrogen-bond donors (Lipinski definition) is 1. The van der Waals surface area contributed by atoms with Crippen LogP contribution in [0, 0.1) is 13.8 Å². The van der Waals surface area contributed by atoms with Crippen LogP contribution in [0.15, 0.2) is 17.5 Å². The molecule has 0 amide bonds. The molecule has 0 aliphatic carbocycles. The van der Waals surface area contributed by atoms with E-state index in [2.05, 4.69) is 62.4 Å². The van der Waals surface area contributed by atoms with E-state index in [9.17, 15) is 0 Å². The predicted octanol–water partition coefficient (Wildman–Crippen LogP) is 4.77. The number of nitrogens with one attached hydrogen (secondary N) is 1. The van der Waals surface area contributed by atoms with Crippen LogP contribution in [0.1, 0.15) is 37.5 Å². The fraction of sp³-hybridized carbons (Fsp3) is 0.438. The Morgan fingerprint density at radius 1 is 1.11 bits per heavy atom. The zero-order valence-electron chi connectivity index (χ0n) is 12.6. The lowest BCUT2D eigenvalue weighted by Gasteiger charge is -2.22. The molecule has 2 nitrogen and oxygen atoms in total. The lowest BCUT2D eigenvalue weighted by atomic mass is 9.83. The van der Waals surface area contributed by atoms with Crippen LogP contribution >= 0.6 is 11.3 Å². The summed E-state index contributed by atoms with van der Waals surface area (Å²) in [5.74, 6) is 0. The van der Waals surface area contributed by atoms with Gasteiger partial charge in [0.2, 0.25) is 0 Å². The average Bonchev–Trinajstić information content (AvgIpc) is 2.75. The highest BCUT2D eigenvalue weighted by atomic mass is 32.1. The molecule has 0 unspecified atom stereocenters. The Morgan fingerprint density at radius 2 is 1.68 bits per heavy atom. The van der Waals surface area contributed by atoms with Crippen LogP contribution in [0.5, 0.6) is 0 Å². The van der Waals surface area contributed by atoms with Crippen molar-refractivity contribution >= 4 is 16.5 Å². The maximum atomic E-state index is 4.62. The Morgan fingerprint density at radius 3 is 2.11 bits per heavy atom. The van der Waals surface area contributed by atoms with Crippen molar-refractivity contribution in [2.75, 3.05) is 12.4 Å². The lowest BCUT2D eigenvalue weighted by molar-refractivity contribution is 0.589. The van der Waals surface area contributed by atoms with Gasteiger partial charge in [0.05, 0.1) is 5.69 Å². The molecule has 0 radical (unpaired) electrons. The van der Waals surface area contributed by atoms with Crippen LogP contribution in [-0.2, 0) is 5.41 Å². The topological polar surface area (TPSA) is 24.9 Å². The van der Waals surface area contributed by atoms with Crippen LogP contribution in [-0.4, -0.2) is 12.0 Å². The van der Waals surface area contributed by atoms with E-state index < -0.39 is 0 Å². The normalized spacial score (nSPS) is 11.7. The minimum Gasteiger partial charge on any atom is -0.365 e. The van der Waals surface area contributed by atoms with Crippen LogP contribution in [0.25, 0.3) is 11.3 Å².